The molecule has 4 nitrogen and oxygen atoms in total. The smallest absolute Gasteiger partial charge is 0.194 e. The van der Waals surface area contributed by atoms with E-state index in [0.29, 0.717) is 18.0 Å². The molecular formula is C17H26FN3O. The van der Waals surface area contributed by atoms with Gasteiger partial charge in [0.2, 0.25) is 0 Å². The fourth-order valence-electron chi connectivity index (χ4n) is 2.82. The van der Waals surface area contributed by atoms with E-state index in [1.807, 2.05) is 0 Å². The van der Waals surface area contributed by atoms with Gasteiger partial charge in [0, 0.05) is 25.2 Å². The molecule has 1 atom stereocenters. The number of hydrogen-bond acceptors (Lipinski definition) is 2. The van der Waals surface area contributed by atoms with E-state index in [9.17, 15) is 4.39 Å². The Balaban J connectivity index is 2.09. The molecule has 1 fully saturated rings. The van der Waals surface area contributed by atoms with Gasteiger partial charge in [-0.05, 0) is 43.4 Å². The van der Waals surface area contributed by atoms with Crippen molar-refractivity contribution in [2.24, 2.45) is 10.9 Å². The molecular weight excluding hydrogens is 281 g/mol. The average Bonchev–Trinajstić information content (AvgIpc) is 2.52. The zero-order chi connectivity index (χ0) is 15.9. The minimum atomic E-state index is -0.369. The molecule has 122 valence electrons. The van der Waals surface area contributed by atoms with Crippen LogP contribution in [0.25, 0.3) is 0 Å². The van der Waals surface area contributed by atoms with E-state index in [1.165, 1.54) is 18.9 Å². The van der Waals surface area contributed by atoms with Gasteiger partial charge >= 0.3 is 0 Å². The maximum Gasteiger partial charge on any atom is 0.194 e. The summed E-state index contributed by atoms with van der Waals surface area (Å²) in [6.45, 7) is 7.41. The Kier molecular flexibility index (Phi) is 6.19. The van der Waals surface area contributed by atoms with Gasteiger partial charge in [-0.1, -0.05) is 13.0 Å². The van der Waals surface area contributed by atoms with E-state index in [4.69, 9.17) is 5.11 Å². The molecule has 1 unspecified atom stereocenters. The molecule has 1 aromatic rings. The first-order valence-electron chi connectivity index (χ1n) is 8.05. The first-order chi connectivity index (χ1) is 10.6. The normalized spacial score (nSPS) is 19.4. The molecule has 1 heterocycles. The summed E-state index contributed by atoms with van der Waals surface area (Å²) in [5.41, 5.74) is 1.23. The van der Waals surface area contributed by atoms with Gasteiger partial charge in [-0.15, -0.1) is 0 Å². The number of hydrogen-bond donors (Lipinski definition) is 2. The maximum absolute atomic E-state index is 13.4. The molecule has 0 saturated carbocycles. The molecule has 0 aliphatic carbocycles. The minimum absolute atomic E-state index is 0.285. The van der Waals surface area contributed by atoms with Crippen molar-refractivity contribution >= 4 is 5.96 Å². The highest BCUT2D eigenvalue weighted by Crippen LogP contribution is 2.16. The Morgan fingerprint density at radius 2 is 2.32 bits per heavy atom. The number of likely N-dealkylation sites (tertiary alicyclic amines) is 1. The number of piperidine rings is 1. The summed E-state index contributed by atoms with van der Waals surface area (Å²) in [6, 6.07) is 4.80. The molecule has 2 N–H and O–H groups in total. The Bertz CT molecular complexity index is 519. The number of nitrogens with zero attached hydrogens (tertiary/aromatic N) is 2. The van der Waals surface area contributed by atoms with Crippen LogP contribution >= 0.6 is 0 Å². The Morgan fingerprint density at radius 3 is 3.00 bits per heavy atom. The van der Waals surface area contributed by atoms with Crippen molar-refractivity contribution in [2.75, 3.05) is 19.6 Å². The number of aliphatic hydroxyl groups is 1. The molecule has 0 bridgehead atoms. The van der Waals surface area contributed by atoms with Gasteiger partial charge in [0.15, 0.2) is 5.96 Å². The number of nitrogens with one attached hydrogen (secondary N) is 1. The summed E-state index contributed by atoms with van der Waals surface area (Å²) < 4.78 is 13.4. The van der Waals surface area contributed by atoms with E-state index >= 15 is 0 Å². The zero-order valence-corrected chi connectivity index (χ0v) is 13.5. The SMILES string of the molecule is CCNC(=NCc1ccc(F)c(CO)c1)N1CCCC(C)C1. The van der Waals surface area contributed by atoms with Gasteiger partial charge in [0.05, 0.1) is 13.2 Å². The highest BCUT2D eigenvalue weighted by Gasteiger charge is 2.19. The summed E-state index contributed by atoms with van der Waals surface area (Å²) in [6.07, 6.45) is 2.46. The fourth-order valence-corrected chi connectivity index (χ4v) is 2.82. The Morgan fingerprint density at radius 1 is 1.50 bits per heavy atom. The molecule has 2 rings (SSSR count). The lowest BCUT2D eigenvalue weighted by molar-refractivity contribution is 0.266. The Labute approximate surface area is 132 Å². The van der Waals surface area contributed by atoms with E-state index in [1.54, 1.807) is 12.1 Å². The number of aliphatic imine (C=N–C) groups is 1. The Hall–Kier alpha value is -1.62. The van der Waals surface area contributed by atoms with Crippen molar-refractivity contribution in [1.29, 1.82) is 0 Å². The number of benzene rings is 1. The molecule has 1 saturated heterocycles. The lowest BCUT2D eigenvalue weighted by atomic mass is 10.0. The summed E-state index contributed by atoms with van der Waals surface area (Å²) in [7, 11) is 0. The van der Waals surface area contributed by atoms with Crippen molar-refractivity contribution in [2.45, 2.75) is 39.8 Å². The third kappa shape index (κ3) is 4.44. The summed E-state index contributed by atoms with van der Waals surface area (Å²) in [4.78, 5) is 6.97. The van der Waals surface area contributed by atoms with Crippen LogP contribution < -0.4 is 5.32 Å². The van der Waals surface area contributed by atoms with E-state index in [-0.39, 0.29) is 12.4 Å². The predicted molar refractivity (Wildman–Crippen MR) is 87.1 cm³/mol. The molecule has 0 amide bonds. The molecule has 1 aliphatic rings. The molecule has 1 aliphatic heterocycles. The zero-order valence-electron chi connectivity index (χ0n) is 13.5. The second-order valence-corrected chi connectivity index (χ2v) is 5.95. The number of rotatable bonds is 4. The van der Waals surface area contributed by atoms with Gasteiger partial charge in [-0.2, -0.15) is 0 Å². The lowest BCUT2D eigenvalue weighted by Gasteiger charge is -2.33. The van der Waals surface area contributed by atoms with Gasteiger partial charge < -0.3 is 15.3 Å². The van der Waals surface area contributed by atoms with Crippen molar-refractivity contribution in [3.8, 4) is 0 Å². The number of guanidine groups is 1. The third-order valence-electron chi connectivity index (χ3n) is 3.98. The van der Waals surface area contributed by atoms with E-state index in [2.05, 4.69) is 29.1 Å². The summed E-state index contributed by atoms with van der Waals surface area (Å²) >= 11 is 0. The fraction of sp³-hybridized carbons (Fsp3) is 0.588. The number of halogens is 1. The highest BCUT2D eigenvalue weighted by molar-refractivity contribution is 5.80. The standard InChI is InChI=1S/C17H26FN3O/c1-3-19-17(21-8-4-5-13(2)11-21)20-10-14-6-7-16(18)15(9-14)12-22/h6-7,9,13,22H,3-5,8,10-12H2,1-2H3,(H,19,20). The van der Waals surface area contributed by atoms with Crippen LogP contribution in [-0.2, 0) is 13.2 Å². The van der Waals surface area contributed by atoms with Crippen molar-refractivity contribution in [1.82, 2.24) is 10.2 Å². The second kappa shape index (κ2) is 8.13. The van der Waals surface area contributed by atoms with Crippen LogP contribution in [0.2, 0.25) is 0 Å². The summed E-state index contributed by atoms with van der Waals surface area (Å²) in [5, 5.41) is 12.5. The van der Waals surface area contributed by atoms with Gasteiger partial charge in [0.25, 0.3) is 0 Å². The van der Waals surface area contributed by atoms with Crippen LogP contribution in [0.15, 0.2) is 23.2 Å². The molecule has 0 spiro atoms. The molecule has 0 radical (unpaired) electrons. The van der Waals surface area contributed by atoms with Gasteiger partial charge in [-0.25, -0.2) is 9.38 Å². The first kappa shape index (κ1) is 16.7. The number of aliphatic hydroxyl groups excluding tert-OH is 1. The van der Waals surface area contributed by atoms with Gasteiger partial charge in [-0.3, -0.25) is 0 Å². The van der Waals surface area contributed by atoms with Crippen molar-refractivity contribution in [3.05, 3.63) is 35.1 Å². The monoisotopic (exact) mass is 307 g/mol. The van der Waals surface area contributed by atoms with Crippen LogP contribution in [0.1, 0.15) is 37.8 Å². The van der Waals surface area contributed by atoms with Crippen molar-refractivity contribution in [3.63, 3.8) is 0 Å². The highest BCUT2D eigenvalue weighted by atomic mass is 19.1. The topological polar surface area (TPSA) is 47.9 Å². The first-order valence-corrected chi connectivity index (χ1v) is 8.05. The van der Waals surface area contributed by atoms with E-state index < -0.39 is 0 Å². The van der Waals surface area contributed by atoms with Crippen LogP contribution in [0.3, 0.4) is 0 Å². The van der Waals surface area contributed by atoms with Crippen LogP contribution in [-0.4, -0.2) is 35.6 Å². The molecule has 0 aromatic heterocycles. The predicted octanol–water partition coefficient (Wildman–Crippen LogP) is 2.52. The van der Waals surface area contributed by atoms with E-state index in [0.717, 1.165) is 31.2 Å². The average molecular weight is 307 g/mol. The van der Waals surface area contributed by atoms with Crippen molar-refractivity contribution < 1.29 is 9.50 Å². The molecule has 22 heavy (non-hydrogen) atoms. The van der Waals surface area contributed by atoms with Gasteiger partial charge in [0.1, 0.15) is 5.82 Å². The largest absolute Gasteiger partial charge is 0.392 e. The maximum atomic E-state index is 13.4. The van der Waals surface area contributed by atoms with Crippen LogP contribution in [0, 0.1) is 11.7 Å². The third-order valence-corrected chi connectivity index (χ3v) is 3.98. The van der Waals surface area contributed by atoms with Crippen LogP contribution in [0.4, 0.5) is 4.39 Å². The molecule has 5 heteroatoms. The minimum Gasteiger partial charge on any atom is -0.392 e. The summed E-state index contributed by atoms with van der Waals surface area (Å²) in [5.74, 6) is 1.24. The quantitative estimate of drug-likeness (QED) is 0.664. The second-order valence-electron chi connectivity index (χ2n) is 5.95. The molecule has 1 aromatic carbocycles. The lowest BCUT2D eigenvalue weighted by Crippen LogP contribution is -2.46. The van der Waals surface area contributed by atoms with Crippen LogP contribution in [0.5, 0.6) is 0 Å².